The molecule has 0 spiro atoms. The second-order valence-electron chi connectivity index (χ2n) is 2.21. The first-order valence-electron chi connectivity index (χ1n) is 3.23. The number of aliphatic imine (C=N–C) groups is 1. The van der Waals surface area contributed by atoms with Gasteiger partial charge in [0.1, 0.15) is 5.70 Å². The minimum Gasteiger partial charge on any atom is -0.477 e. The minimum absolute atomic E-state index is 0.0497. The van der Waals surface area contributed by atoms with Gasteiger partial charge in [-0.05, 0) is 36.7 Å². The van der Waals surface area contributed by atoms with Crippen molar-refractivity contribution in [3.63, 3.8) is 0 Å². The molecule has 0 aromatic carbocycles. The topological polar surface area (TPSA) is 49.7 Å². The van der Waals surface area contributed by atoms with Crippen molar-refractivity contribution in [2.24, 2.45) is 4.99 Å². The van der Waals surface area contributed by atoms with Crippen LogP contribution in [-0.2, 0) is 4.79 Å². The predicted molar refractivity (Wildman–Crippen MR) is 52.6 cm³/mol. The lowest BCUT2D eigenvalue weighted by atomic mass is 10.2. The van der Waals surface area contributed by atoms with Crippen molar-refractivity contribution in [3.8, 4) is 0 Å². The first-order valence-corrected chi connectivity index (χ1v) is 4.03. The average Bonchev–Trinajstić information content (AvgIpc) is 1.98. The van der Waals surface area contributed by atoms with Gasteiger partial charge in [-0.3, -0.25) is 4.99 Å². The lowest BCUT2D eigenvalue weighted by Crippen LogP contribution is -1.97. The molecular weight excluding hydrogens is 222 g/mol. The minimum atomic E-state index is -1.07. The van der Waals surface area contributed by atoms with Crippen LogP contribution in [0.1, 0.15) is 13.8 Å². The molecule has 0 aromatic heterocycles. The van der Waals surface area contributed by atoms with Gasteiger partial charge >= 0.3 is 5.97 Å². The maximum atomic E-state index is 10.4. The number of hydrogen-bond donors (Lipinski definition) is 1. The van der Waals surface area contributed by atoms with Crippen LogP contribution in [0.2, 0.25) is 0 Å². The van der Waals surface area contributed by atoms with E-state index in [2.05, 4.69) is 27.6 Å². The standard InChI is InChI=1S/C8H10BrNO2/c1-5(6(2)9)4-7(10-3)8(11)12/h4H,3H2,1-2H3,(H,11,12)/b6-5+,7-4-. The van der Waals surface area contributed by atoms with E-state index in [0.29, 0.717) is 0 Å². The summed E-state index contributed by atoms with van der Waals surface area (Å²) in [6.45, 7) is 6.78. The molecule has 66 valence electrons. The van der Waals surface area contributed by atoms with E-state index >= 15 is 0 Å². The van der Waals surface area contributed by atoms with E-state index in [9.17, 15) is 4.79 Å². The third-order valence-corrected chi connectivity index (χ3v) is 1.91. The third-order valence-electron chi connectivity index (χ3n) is 1.29. The summed E-state index contributed by atoms with van der Waals surface area (Å²) in [7, 11) is 0. The van der Waals surface area contributed by atoms with Crippen LogP contribution in [0.3, 0.4) is 0 Å². The van der Waals surface area contributed by atoms with Crippen LogP contribution in [0, 0.1) is 0 Å². The van der Waals surface area contributed by atoms with Crippen LogP contribution in [0.25, 0.3) is 0 Å². The fraction of sp³-hybridized carbons (Fsp3) is 0.250. The van der Waals surface area contributed by atoms with Gasteiger partial charge in [-0.2, -0.15) is 0 Å². The van der Waals surface area contributed by atoms with Gasteiger partial charge in [-0.15, -0.1) is 0 Å². The van der Waals surface area contributed by atoms with E-state index in [1.165, 1.54) is 6.08 Å². The van der Waals surface area contributed by atoms with E-state index in [1.54, 1.807) is 6.92 Å². The number of nitrogens with zero attached hydrogens (tertiary/aromatic N) is 1. The summed E-state index contributed by atoms with van der Waals surface area (Å²) >= 11 is 3.23. The van der Waals surface area contributed by atoms with E-state index in [1.807, 2.05) is 6.92 Å². The molecule has 3 nitrogen and oxygen atoms in total. The zero-order valence-corrected chi connectivity index (χ0v) is 8.55. The highest BCUT2D eigenvalue weighted by Crippen LogP contribution is 2.13. The summed E-state index contributed by atoms with van der Waals surface area (Å²) in [5.74, 6) is -1.07. The van der Waals surface area contributed by atoms with Crippen LogP contribution >= 0.6 is 15.9 Å². The highest BCUT2D eigenvalue weighted by Gasteiger charge is 2.03. The van der Waals surface area contributed by atoms with Gasteiger partial charge in [0.15, 0.2) is 0 Å². The molecular formula is C8H10BrNO2. The Bertz CT molecular complexity index is 262. The summed E-state index contributed by atoms with van der Waals surface area (Å²) in [4.78, 5) is 13.8. The molecule has 0 saturated carbocycles. The molecule has 12 heavy (non-hydrogen) atoms. The first-order chi connectivity index (χ1) is 5.49. The number of carboxylic acid groups (broad SMARTS) is 1. The Balaban J connectivity index is 4.86. The van der Waals surface area contributed by atoms with Gasteiger partial charge in [0.2, 0.25) is 0 Å². The Morgan fingerprint density at radius 1 is 1.58 bits per heavy atom. The summed E-state index contributed by atoms with van der Waals surface area (Å²) < 4.78 is 0.880. The molecule has 0 aliphatic rings. The molecule has 0 unspecified atom stereocenters. The molecule has 0 saturated heterocycles. The zero-order chi connectivity index (χ0) is 9.72. The normalized spacial score (nSPS) is 13.8. The van der Waals surface area contributed by atoms with Gasteiger partial charge in [-0.25, -0.2) is 4.79 Å². The van der Waals surface area contributed by atoms with Crippen molar-refractivity contribution in [1.82, 2.24) is 0 Å². The molecule has 1 N–H and O–H groups in total. The monoisotopic (exact) mass is 231 g/mol. The fourth-order valence-corrected chi connectivity index (χ4v) is 0.594. The molecule has 0 bridgehead atoms. The Morgan fingerprint density at radius 2 is 2.08 bits per heavy atom. The van der Waals surface area contributed by atoms with Gasteiger partial charge < -0.3 is 5.11 Å². The molecule has 4 heteroatoms. The van der Waals surface area contributed by atoms with Crippen LogP contribution in [-0.4, -0.2) is 17.8 Å². The van der Waals surface area contributed by atoms with Crippen molar-refractivity contribution in [2.75, 3.05) is 0 Å². The van der Waals surface area contributed by atoms with E-state index in [4.69, 9.17) is 5.11 Å². The predicted octanol–water partition coefficient (Wildman–Crippen LogP) is 2.34. The number of hydrogen-bond acceptors (Lipinski definition) is 2. The maximum Gasteiger partial charge on any atom is 0.354 e. The summed E-state index contributed by atoms with van der Waals surface area (Å²) in [5.41, 5.74) is 0.770. The molecule has 0 fully saturated rings. The van der Waals surface area contributed by atoms with Gasteiger partial charge in [-0.1, -0.05) is 15.9 Å². The summed E-state index contributed by atoms with van der Waals surface area (Å²) in [6.07, 6.45) is 1.46. The van der Waals surface area contributed by atoms with Crippen LogP contribution < -0.4 is 0 Å². The Kier molecular flexibility index (Phi) is 4.51. The SMILES string of the molecule is C=N/C(=C\C(C)=C(/C)Br)C(=O)O. The highest BCUT2D eigenvalue weighted by atomic mass is 79.9. The molecule has 0 aliphatic carbocycles. The number of allylic oxidation sites excluding steroid dienone is 3. The average molecular weight is 232 g/mol. The van der Waals surface area contributed by atoms with Crippen molar-refractivity contribution >= 4 is 28.6 Å². The summed E-state index contributed by atoms with van der Waals surface area (Å²) in [5, 5.41) is 8.56. The van der Waals surface area contributed by atoms with Crippen LogP contribution in [0.5, 0.6) is 0 Å². The van der Waals surface area contributed by atoms with Crippen molar-refractivity contribution in [2.45, 2.75) is 13.8 Å². The smallest absolute Gasteiger partial charge is 0.354 e. The lowest BCUT2D eigenvalue weighted by molar-refractivity contribution is -0.132. The van der Waals surface area contributed by atoms with E-state index < -0.39 is 5.97 Å². The Labute approximate surface area is 79.6 Å². The first kappa shape index (κ1) is 11.1. The van der Waals surface area contributed by atoms with Crippen LogP contribution in [0.15, 0.2) is 26.8 Å². The molecule has 0 atom stereocenters. The third kappa shape index (κ3) is 3.48. The van der Waals surface area contributed by atoms with E-state index in [0.717, 1.165) is 10.1 Å². The lowest BCUT2D eigenvalue weighted by Gasteiger charge is -1.96. The Morgan fingerprint density at radius 3 is 2.33 bits per heavy atom. The van der Waals surface area contributed by atoms with Crippen molar-refractivity contribution in [1.29, 1.82) is 0 Å². The van der Waals surface area contributed by atoms with Gasteiger partial charge in [0.25, 0.3) is 0 Å². The molecule has 0 aliphatic heterocycles. The molecule has 0 rings (SSSR count). The Hall–Kier alpha value is -0.900. The number of carbonyl (C=O) groups is 1. The fourth-order valence-electron chi connectivity index (χ4n) is 0.480. The number of aliphatic carboxylic acids is 1. The molecule has 0 radical (unpaired) electrons. The summed E-state index contributed by atoms with van der Waals surface area (Å²) in [6, 6.07) is 0. The van der Waals surface area contributed by atoms with E-state index in [-0.39, 0.29) is 5.70 Å². The van der Waals surface area contributed by atoms with Crippen molar-refractivity contribution < 1.29 is 9.90 Å². The van der Waals surface area contributed by atoms with Gasteiger partial charge in [0, 0.05) is 0 Å². The number of carboxylic acids is 1. The maximum absolute atomic E-state index is 10.4. The highest BCUT2D eigenvalue weighted by molar-refractivity contribution is 9.11. The quantitative estimate of drug-likeness (QED) is 0.461. The second-order valence-corrected chi connectivity index (χ2v) is 3.40. The molecule has 0 amide bonds. The van der Waals surface area contributed by atoms with Crippen molar-refractivity contribution in [3.05, 3.63) is 21.8 Å². The zero-order valence-electron chi connectivity index (χ0n) is 6.97. The number of rotatable bonds is 3. The molecule has 0 heterocycles. The second kappa shape index (κ2) is 4.87. The van der Waals surface area contributed by atoms with Gasteiger partial charge in [0.05, 0.1) is 0 Å². The van der Waals surface area contributed by atoms with Crippen LogP contribution in [0.4, 0.5) is 0 Å². The largest absolute Gasteiger partial charge is 0.477 e. The molecule has 0 aromatic rings. The number of halogens is 1.